The lowest BCUT2D eigenvalue weighted by atomic mass is 10.1. The molecule has 0 aliphatic carbocycles. The molecular weight excluding hydrogens is 246 g/mol. The molecule has 18 heavy (non-hydrogen) atoms. The summed E-state index contributed by atoms with van der Waals surface area (Å²) in [5.74, 6) is 0.872. The summed E-state index contributed by atoms with van der Waals surface area (Å²) in [6, 6.07) is 10.0. The van der Waals surface area contributed by atoms with Gasteiger partial charge in [0.2, 0.25) is 0 Å². The van der Waals surface area contributed by atoms with Crippen LogP contribution in [0.25, 0.3) is 10.8 Å². The number of hydrogen-bond acceptors (Lipinski definition) is 3. The minimum absolute atomic E-state index is 0.531. The molecule has 0 spiro atoms. The SMILES string of the molecule is CN(C)CCCNc1nc(Cl)cc2ccccc12. The van der Waals surface area contributed by atoms with Gasteiger partial charge in [-0.25, -0.2) is 4.98 Å². The maximum absolute atomic E-state index is 6.03. The quantitative estimate of drug-likeness (QED) is 0.663. The number of fused-ring (bicyclic) bond motifs is 1. The third-order valence-electron chi connectivity index (χ3n) is 2.78. The lowest BCUT2D eigenvalue weighted by Crippen LogP contribution is -2.16. The summed E-state index contributed by atoms with van der Waals surface area (Å²) in [4.78, 5) is 6.53. The highest BCUT2D eigenvalue weighted by atomic mass is 35.5. The Hall–Kier alpha value is -1.32. The molecule has 1 heterocycles. The standard InChI is InChI=1S/C14H18ClN3/c1-18(2)9-5-8-16-14-12-7-4-3-6-11(12)10-13(15)17-14/h3-4,6-7,10H,5,8-9H2,1-2H3,(H,16,17). The maximum Gasteiger partial charge on any atom is 0.135 e. The Labute approximate surface area is 113 Å². The largest absolute Gasteiger partial charge is 0.369 e. The third kappa shape index (κ3) is 3.34. The summed E-state index contributed by atoms with van der Waals surface area (Å²) < 4.78 is 0. The Kier molecular flexibility index (Phi) is 4.39. The van der Waals surface area contributed by atoms with E-state index < -0.39 is 0 Å². The number of hydrogen-bond donors (Lipinski definition) is 1. The van der Waals surface area contributed by atoms with Gasteiger partial charge in [-0.15, -0.1) is 0 Å². The first-order valence-electron chi connectivity index (χ1n) is 6.11. The minimum Gasteiger partial charge on any atom is -0.369 e. The number of halogens is 1. The Morgan fingerprint density at radius 3 is 2.83 bits per heavy atom. The Morgan fingerprint density at radius 1 is 1.28 bits per heavy atom. The zero-order chi connectivity index (χ0) is 13.0. The van der Waals surface area contributed by atoms with E-state index in [0.717, 1.165) is 36.1 Å². The number of nitrogens with zero attached hydrogens (tertiary/aromatic N) is 2. The molecule has 1 aromatic heterocycles. The molecule has 0 aliphatic rings. The van der Waals surface area contributed by atoms with Crippen LogP contribution in [0.1, 0.15) is 6.42 Å². The van der Waals surface area contributed by atoms with Crippen molar-refractivity contribution in [2.75, 3.05) is 32.5 Å². The predicted molar refractivity (Wildman–Crippen MR) is 78.4 cm³/mol. The van der Waals surface area contributed by atoms with Crippen molar-refractivity contribution in [1.82, 2.24) is 9.88 Å². The molecule has 0 bridgehead atoms. The monoisotopic (exact) mass is 263 g/mol. The Morgan fingerprint density at radius 2 is 2.06 bits per heavy atom. The molecule has 3 nitrogen and oxygen atoms in total. The normalized spacial score (nSPS) is 11.1. The van der Waals surface area contributed by atoms with Gasteiger partial charge >= 0.3 is 0 Å². The molecule has 1 aromatic carbocycles. The molecule has 0 unspecified atom stereocenters. The second kappa shape index (κ2) is 6.03. The number of benzene rings is 1. The fraction of sp³-hybridized carbons (Fsp3) is 0.357. The molecule has 0 radical (unpaired) electrons. The lowest BCUT2D eigenvalue weighted by molar-refractivity contribution is 0.405. The molecule has 2 aromatic rings. The first-order chi connectivity index (χ1) is 8.66. The highest BCUT2D eigenvalue weighted by Gasteiger charge is 2.03. The van der Waals surface area contributed by atoms with E-state index in [-0.39, 0.29) is 0 Å². The van der Waals surface area contributed by atoms with Crippen molar-refractivity contribution in [1.29, 1.82) is 0 Å². The van der Waals surface area contributed by atoms with Gasteiger partial charge in [-0.2, -0.15) is 0 Å². The molecule has 0 saturated carbocycles. The van der Waals surface area contributed by atoms with Crippen LogP contribution in [0.4, 0.5) is 5.82 Å². The highest BCUT2D eigenvalue weighted by Crippen LogP contribution is 2.24. The fourth-order valence-corrected chi connectivity index (χ4v) is 2.11. The first-order valence-corrected chi connectivity index (χ1v) is 6.48. The van der Waals surface area contributed by atoms with Crippen LogP contribution in [0.5, 0.6) is 0 Å². The van der Waals surface area contributed by atoms with E-state index in [1.54, 1.807) is 0 Å². The molecular formula is C14H18ClN3. The Balaban J connectivity index is 2.12. The summed E-state index contributed by atoms with van der Waals surface area (Å²) >= 11 is 6.03. The van der Waals surface area contributed by atoms with E-state index in [0.29, 0.717) is 5.15 Å². The van der Waals surface area contributed by atoms with Crippen LogP contribution in [-0.2, 0) is 0 Å². The van der Waals surface area contributed by atoms with Gasteiger partial charge in [0.25, 0.3) is 0 Å². The summed E-state index contributed by atoms with van der Waals surface area (Å²) in [6.07, 6.45) is 1.08. The van der Waals surface area contributed by atoms with Crippen LogP contribution in [0.2, 0.25) is 5.15 Å². The van der Waals surface area contributed by atoms with Gasteiger partial charge in [0.15, 0.2) is 0 Å². The fourth-order valence-electron chi connectivity index (χ4n) is 1.90. The molecule has 0 amide bonds. The number of nitrogens with one attached hydrogen (secondary N) is 1. The highest BCUT2D eigenvalue weighted by molar-refractivity contribution is 6.30. The van der Waals surface area contributed by atoms with Crippen LogP contribution in [-0.4, -0.2) is 37.1 Å². The van der Waals surface area contributed by atoms with Gasteiger partial charge in [-0.05, 0) is 38.5 Å². The van der Waals surface area contributed by atoms with E-state index in [2.05, 4.69) is 35.4 Å². The smallest absolute Gasteiger partial charge is 0.135 e. The number of rotatable bonds is 5. The van der Waals surface area contributed by atoms with Crippen LogP contribution in [0.3, 0.4) is 0 Å². The second-order valence-corrected chi connectivity index (χ2v) is 4.99. The van der Waals surface area contributed by atoms with Gasteiger partial charge in [-0.1, -0.05) is 35.9 Å². The topological polar surface area (TPSA) is 28.2 Å². The summed E-state index contributed by atoms with van der Waals surface area (Å²) in [6.45, 7) is 1.96. The number of aromatic nitrogens is 1. The van der Waals surface area contributed by atoms with Gasteiger partial charge < -0.3 is 10.2 Å². The van der Waals surface area contributed by atoms with Crippen LogP contribution in [0, 0.1) is 0 Å². The van der Waals surface area contributed by atoms with Crippen molar-refractivity contribution in [2.45, 2.75) is 6.42 Å². The van der Waals surface area contributed by atoms with Crippen LogP contribution in [0.15, 0.2) is 30.3 Å². The van der Waals surface area contributed by atoms with Crippen LogP contribution < -0.4 is 5.32 Å². The van der Waals surface area contributed by atoms with E-state index in [1.165, 1.54) is 0 Å². The molecule has 0 atom stereocenters. The van der Waals surface area contributed by atoms with Crippen molar-refractivity contribution in [3.8, 4) is 0 Å². The summed E-state index contributed by atoms with van der Waals surface area (Å²) in [7, 11) is 4.15. The summed E-state index contributed by atoms with van der Waals surface area (Å²) in [5.41, 5.74) is 0. The molecule has 0 saturated heterocycles. The van der Waals surface area contributed by atoms with Crippen molar-refractivity contribution in [3.05, 3.63) is 35.5 Å². The molecule has 0 aliphatic heterocycles. The molecule has 96 valence electrons. The molecule has 2 rings (SSSR count). The average molecular weight is 264 g/mol. The number of anilines is 1. The van der Waals surface area contributed by atoms with Gasteiger partial charge in [0.05, 0.1) is 0 Å². The average Bonchev–Trinajstić information content (AvgIpc) is 2.34. The van der Waals surface area contributed by atoms with Crippen LogP contribution >= 0.6 is 11.6 Å². The molecule has 0 fully saturated rings. The zero-order valence-electron chi connectivity index (χ0n) is 10.8. The van der Waals surface area contributed by atoms with E-state index in [9.17, 15) is 0 Å². The molecule has 1 N–H and O–H groups in total. The number of pyridine rings is 1. The van der Waals surface area contributed by atoms with Crippen molar-refractivity contribution >= 4 is 28.2 Å². The minimum atomic E-state index is 0.531. The van der Waals surface area contributed by atoms with Crippen molar-refractivity contribution in [3.63, 3.8) is 0 Å². The van der Waals surface area contributed by atoms with E-state index in [4.69, 9.17) is 11.6 Å². The maximum atomic E-state index is 6.03. The van der Waals surface area contributed by atoms with Gasteiger partial charge in [0.1, 0.15) is 11.0 Å². The predicted octanol–water partition coefficient (Wildman–Crippen LogP) is 3.25. The molecule has 4 heteroatoms. The van der Waals surface area contributed by atoms with Crippen molar-refractivity contribution in [2.24, 2.45) is 0 Å². The lowest BCUT2D eigenvalue weighted by Gasteiger charge is -2.12. The van der Waals surface area contributed by atoms with E-state index >= 15 is 0 Å². The summed E-state index contributed by atoms with van der Waals surface area (Å²) in [5, 5.41) is 6.13. The van der Waals surface area contributed by atoms with Crippen molar-refractivity contribution < 1.29 is 0 Å². The van der Waals surface area contributed by atoms with E-state index in [1.807, 2.05) is 24.3 Å². The first kappa shape index (κ1) is 13.1. The second-order valence-electron chi connectivity index (χ2n) is 4.60. The third-order valence-corrected chi connectivity index (χ3v) is 2.98. The zero-order valence-corrected chi connectivity index (χ0v) is 11.5. The Bertz CT molecular complexity index is 525. The van der Waals surface area contributed by atoms with Gasteiger partial charge in [0, 0.05) is 11.9 Å². The van der Waals surface area contributed by atoms with Gasteiger partial charge in [-0.3, -0.25) is 0 Å².